The minimum Gasteiger partial charge on any atom is -0.493 e. The number of hydrogen-bond donors (Lipinski definition) is 1. The fourth-order valence-corrected chi connectivity index (χ4v) is 1.58. The van der Waals surface area contributed by atoms with Crippen molar-refractivity contribution in [3.8, 4) is 11.5 Å². The zero-order chi connectivity index (χ0) is 14.8. The summed E-state index contributed by atoms with van der Waals surface area (Å²) in [6.45, 7) is 6.18. The van der Waals surface area contributed by atoms with Gasteiger partial charge in [-0.25, -0.2) is 4.79 Å². The van der Waals surface area contributed by atoms with Crippen LogP contribution in [0.3, 0.4) is 0 Å². The Morgan fingerprint density at radius 1 is 1.25 bits per heavy atom. The molecule has 0 aliphatic heterocycles. The second-order valence-electron chi connectivity index (χ2n) is 4.26. The van der Waals surface area contributed by atoms with Gasteiger partial charge in [0.1, 0.15) is 11.5 Å². The highest BCUT2D eigenvalue weighted by molar-refractivity contribution is 5.71. The maximum atomic E-state index is 11.2. The second-order valence-corrected chi connectivity index (χ2v) is 4.26. The SMILES string of the molecule is CCCOc1ccc(CNCC)c(OCC(=O)OC)c1. The largest absolute Gasteiger partial charge is 0.493 e. The van der Waals surface area contributed by atoms with E-state index in [2.05, 4.69) is 10.1 Å². The molecular formula is C15H23NO4. The Morgan fingerprint density at radius 3 is 2.70 bits per heavy atom. The van der Waals surface area contributed by atoms with E-state index in [1.165, 1.54) is 7.11 Å². The van der Waals surface area contributed by atoms with E-state index in [-0.39, 0.29) is 6.61 Å². The van der Waals surface area contributed by atoms with Crippen molar-refractivity contribution in [3.05, 3.63) is 23.8 Å². The van der Waals surface area contributed by atoms with Gasteiger partial charge in [-0.05, 0) is 19.0 Å². The summed E-state index contributed by atoms with van der Waals surface area (Å²) in [5.41, 5.74) is 0.986. The molecular weight excluding hydrogens is 258 g/mol. The topological polar surface area (TPSA) is 56.8 Å². The molecule has 112 valence electrons. The predicted octanol–water partition coefficient (Wildman–Crippen LogP) is 2.14. The van der Waals surface area contributed by atoms with Crippen molar-refractivity contribution in [2.75, 3.05) is 26.9 Å². The number of nitrogens with one attached hydrogen (secondary N) is 1. The number of methoxy groups -OCH3 is 1. The lowest BCUT2D eigenvalue weighted by Gasteiger charge is -2.13. The van der Waals surface area contributed by atoms with E-state index in [0.717, 1.165) is 24.3 Å². The number of ether oxygens (including phenoxy) is 3. The van der Waals surface area contributed by atoms with Gasteiger partial charge in [0.15, 0.2) is 6.61 Å². The molecule has 0 aliphatic rings. The number of rotatable bonds is 9. The lowest BCUT2D eigenvalue weighted by atomic mass is 10.2. The fraction of sp³-hybridized carbons (Fsp3) is 0.533. The van der Waals surface area contributed by atoms with Crippen LogP contribution in [0.2, 0.25) is 0 Å². The summed E-state index contributed by atoms with van der Waals surface area (Å²) in [4.78, 5) is 11.2. The van der Waals surface area contributed by atoms with Crippen LogP contribution >= 0.6 is 0 Å². The lowest BCUT2D eigenvalue weighted by molar-refractivity contribution is -0.142. The predicted molar refractivity (Wildman–Crippen MR) is 77.1 cm³/mol. The van der Waals surface area contributed by atoms with Gasteiger partial charge in [0.25, 0.3) is 0 Å². The maximum absolute atomic E-state index is 11.2. The molecule has 0 saturated carbocycles. The van der Waals surface area contributed by atoms with Gasteiger partial charge in [-0.15, -0.1) is 0 Å². The first-order chi connectivity index (χ1) is 9.71. The van der Waals surface area contributed by atoms with Crippen LogP contribution in [0.25, 0.3) is 0 Å². The Bertz CT molecular complexity index is 420. The minimum atomic E-state index is -0.403. The lowest BCUT2D eigenvalue weighted by Crippen LogP contribution is -2.16. The Balaban J connectivity index is 2.78. The van der Waals surface area contributed by atoms with Crippen molar-refractivity contribution in [3.63, 3.8) is 0 Å². The summed E-state index contributed by atoms with van der Waals surface area (Å²) in [7, 11) is 1.34. The highest BCUT2D eigenvalue weighted by Crippen LogP contribution is 2.25. The van der Waals surface area contributed by atoms with E-state index in [0.29, 0.717) is 18.9 Å². The summed E-state index contributed by atoms with van der Waals surface area (Å²) >= 11 is 0. The van der Waals surface area contributed by atoms with Gasteiger partial charge in [-0.2, -0.15) is 0 Å². The highest BCUT2D eigenvalue weighted by Gasteiger charge is 2.09. The van der Waals surface area contributed by atoms with Gasteiger partial charge in [-0.3, -0.25) is 0 Å². The molecule has 1 aromatic rings. The molecule has 1 rings (SSSR count). The third-order valence-corrected chi connectivity index (χ3v) is 2.65. The molecule has 0 aliphatic carbocycles. The molecule has 0 amide bonds. The third kappa shape index (κ3) is 5.48. The Kier molecular flexibility index (Phi) is 7.50. The van der Waals surface area contributed by atoms with Crippen LogP contribution in [0.15, 0.2) is 18.2 Å². The second kappa shape index (κ2) is 9.20. The normalized spacial score (nSPS) is 10.2. The molecule has 1 N–H and O–H groups in total. The van der Waals surface area contributed by atoms with Crippen LogP contribution in [0.1, 0.15) is 25.8 Å². The van der Waals surface area contributed by atoms with Gasteiger partial charge in [0.2, 0.25) is 0 Å². The van der Waals surface area contributed by atoms with Crippen LogP contribution in [-0.4, -0.2) is 32.8 Å². The maximum Gasteiger partial charge on any atom is 0.343 e. The average Bonchev–Trinajstić information content (AvgIpc) is 2.49. The monoisotopic (exact) mass is 281 g/mol. The molecule has 0 bridgehead atoms. The van der Waals surface area contributed by atoms with E-state index >= 15 is 0 Å². The van der Waals surface area contributed by atoms with Gasteiger partial charge < -0.3 is 19.5 Å². The van der Waals surface area contributed by atoms with Crippen molar-refractivity contribution < 1.29 is 19.0 Å². The minimum absolute atomic E-state index is 0.104. The molecule has 0 radical (unpaired) electrons. The van der Waals surface area contributed by atoms with Crippen molar-refractivity contribution >= 4 is 5.97 Å². The van der Waals surface area contributed by atoms with Crippen LogP contribution in [0.4, 0.5) is 0 Å². The van der Waals surface area contributed by atoms with Crippen LogP contribution in [0, 0.1) is 0 Å². The molecule has 20 heavy (non-hydrogen) atoms. The van der Waals surface area contributed by atoms with E-state index in [1.54, 1.807) is 0 Å². The van der Waals surface area contributed by atoms with Crippen molar-refractivity contribution in [1.29, 1.82) is 0 Å². The van der Waals surface area contributed by atoms with E-state index < -0.39 is 5.97 Å². The summed E-state index contributed by atoms with van der Waals surface area (Å²) < 4.78 is 15.7. The molecule has 0 atom stereocenters. The molecule has 5 nitrogen and oxygen atoms in total. The fourth-order valence-electron chi connectivity index (χ4n) is 1.58. The molecule has 0 fully saturated rings. The van der Waals surface area contributed by atoms with Crippen molar-refractivity contribution in [2.45, 2.75) is 26.8 Å². The molecule has 0 aromatic heterocycles. The van der Waals surface area contributed by atoms with Crippen LogP contribution in [0.5, 0.6) is 11.5 Å². The number of benzene rings is 1. The van der Waals surface area contributed by atoms with Crippen LogP contribution < -0.4 is 14.8 Å². The first kappa shape index (κ1) is 16.3. The van der Waals surface area contributed by atoms with Gasteiger partial charge in [-0.1, -0.05) is 19.9 Å². The summed E-state index contributed by atoms with van der Waals surface area (Å²) in [5, 5.41) is 3.23. The van der Waals surface area contributed by atoms with Gasteiger partial charge in [0.05, 0.1) is 13.7 Å². The molecule has 0 heterocycles. The summed E-state index contributed by atoms with van der Waals surface area (Å²) in [5.74, 6) is 0.983. The highest BCUT2D eigenvalue weighted by atomic mass is 16.6. The molecule has 5 heteroatoms. The molecule has 1 aromatic carbocycles. The smallest absolute Gasteiger partial charge is 0.343 e. The zero-order valence-electron chi connectivity index (χ0n) is 12.4. The number of carbonyl (C=O) groups excluding carboxylic acids is 1. The average molecular weight is 281 g/mol. The molecule has 0 unspecified atom stereocenters. The van der Waals surface area contributed by atoms with E-state index in [4.69, 9.17) is 9.47 Å². The standard InChI is InChI=1S/C15H23NO4/c1-4-8-19-13-7-6-12(10-16-5-2)14(9-13)20-11-15(17)18-3/h6-7,9,16H,4-5,8,10-11H2,1-3H3. The number of esters is 1. The van der Waals surface area contributed by atoms with E-state index in [9.17, 15) is 4.79 Å². The van der Waals surface area contributed by atoms with E-state index in [1.807, 2.05) is 32.0 Å². The Morgan fingerprint density at radius 2 is 2.05 bits per heavy atom. The number of hydrogen-bond acceptors (Lipinski definition) is 5. The van der Waals surface area contributed by atoms with Crippen molar-refractivity contribution in [2.24, 2.45) is 0 Å². The Labute approximate surface area is 120 Å². The quantitative estimate of drug-likeness (QED) is 0.703. The Hall–Kier alpha value is -1.75. The van der Waals surface area contributed by atoms with Crippen LogP contribution in [-0.2, 0) is 16.1 Å². The first-order valence-corrected chi connectivity index (χ1v) is 6.87. The van der Waals surface area contributed by atoms with Gasteiger partial charge >= 0.3 is 5.97 Å². The first-order valence-electron chi connectivity index (χ1n) is 6.87. The summed E-state index contributed by atoms with van der Waals surface area (Å²) in [6.07, 6.45) is 0.942. The molecule has 0 saturated heterocycles. The third-order valence-electron chi connectivity index (χ3n) is 2.65. The van der Waals surface area contributed by atoms with Gasteiger partial charge in [0, 0.05) is 18.2 Å². The summed E-state index contributed by atoms with van der Waals surface area (Å²) in [6, 6.07) is 5.67. The molecule has 0 spiro atoms. The zero-order valence-corrected chi connectivity index (χ0v) is 12.4. The van der Waals surface area contributed by atoms with Crippen molar-refractivity contribution in [1.82, 2.24) is 5.32 Å². The number of carbonyl (C=O) groups is 1.